The zero-order valence-electron chi connectivity index (χ0n) is 27.7. The Labute approximate surface area is 284 Å². The Morgan fingerprint density at radius 1 is 0.431 bits per heavy atom. The molecular formula is C34H41F17. The Morgan fingerprint density at radius 2 is 0.804 bits per heavy atom. The van der Waals surface area contributed by atoms with Crippen molar-refractivity contribution in [3.05, 3.63) is 35.4 Å². The van der Waals surface area contributed by atoms with Crippen LogP contribution in [0, 0.1) is 17.8 Å². The van der Waals surface area contributed by atoms with Gasteiger partial charge in [-0.2, -0.15) is 74.6 Å². The Kier molecular flexibility index (Phi) is 13.1. The van der Waals surface area contributed by atoms with E-state index in [1.54, 1.807) is 0 Å². The van der Waals surface area contributed by atoms with E-state index in [1.165, 1.54) is 57.8 Å². The van der Waals surface area contributed by atoms with Crippen molar-refractivity contribution < 1.29 is 74.6 Å². The van der Waals surface area contributed by atoms with E-state index in [1.807, 2.05) is 0 Å². The molecule has 0 amide bonds. The fourth-order valence-electron chi connectivity index (χ4n) is 7.23. The number of hydrogen-bond acceptors (Lipinski definition) is 0. The van der Waals surface area contributed by atoms with Crippen LogP contribution in [0.15, 0.2) is 24.3 Å². The molecule has 51 heavy (non-hydrogen) atoms. The van der Waals surface area contributed by atoms with Gasteiger partial charge in [-0.3, -0.25) is 0 Å². The molecule has 0 atom stereocenters. The molecule has 2 aliphatic carbocycles. The van der Waals surface area contributed by atoms with Crippen LogP contribution in [0.25, 0.3) is 0 Å². The van der Waals surface area contributed by atoms with Gasteiger partial charge in [0, 0.05) is 5.56 Å². The summed E-state index contributed by atoms with van der Waals surface area (Å²) in [6, 6.07) is 1.78. The standard InChI is InChI=1S/C34H41F17/c1-2-3-4-5-6-21-7-9-22(10-8-21)11-12-23-13-15-24(16-14-23)25-17-19-26(20-18-25)27(35,36)28(37,38)29(39,40)30(41,42)31(43,44)32(45,46)33(47,48)34(49,50)51/h17-24H,2-16H2,1H3. The van der Waals surface area contributed by atoms with Crippen LogP contribution in [-0.4, -0.2) is 41.7 Å². The molecule has 0 radical (unpaired) electrons. The molecule has 0 spiro atoms. The number of benzene rings is 1. The summed E-state index contributed by atoms with van der Waals surface area (Å²) < 4.78 is 232. The summed E-state index contributed by atoms with van der Waals surface area (Å²) in [4.78, 5) is 0. The van der Waals surface area contributed by atoms with Crippen molar-refractivity contribution >= 4 is 0 Å². The van der Waals surface area contributed by atoms with E-state index < -0.39 is 53.2 Å². The van der Waals surface area contributed by atoms with E-state index in [0.29, 0.717) is 24.7 Å². The predicted octanol–water partition coefficient (Wildman–Crippen LogP) is 14.0. The molecule has 0 saturated heterocycles. The van der Waals surface area contributed by atoms with Gasteiger partial charge in [0.05, 0.1) is 0 Å². The minimum Gasteiger partial charge on any atom is -0.194 e. The van der Waals surface area contributed by atoms with Crippen LogP contribution >= 0.6 is 0 Å². The summed E-state index contributed by atoms with van der Waals surface area (Å²) in [5.74, 6) is -54.9. The largest absolute Gasteiger partial charge is 0.460 e. The molecule has 1 aromatic rings. The zero-order valence-corrected chi connectivity index (χ0v) is 27.7. The van der Waals surface area contributed by atoms with Gasteiger partial charge in [0.15, 0.2) is 0 Å². The smallest absolute Gasteiger partial charge is 0.194 e. The second-order valence-electron chi connectivity index (χ2n) is 14.2. The Morgan fingerprint density at radius 3 is 1.22 bits per heavy atom. The molecule has 0 nitrogen and oxygen atoms in total. The molecule has 0 heterocycles. The summed E-state index contributed by atoms with van der Waals surface area (Å²) in [6.45, 7) is 2.17. The Bertz CT molecular complexity index is 1240. The first-order chi connectivity index (χ1) is 23.2. The van der Waals surface area contributed by atoms with E-state index >= 15 is 0 Å². The van der Waals surface area contributed by atoms with Gasteiger partial charge in [-0.25, -0.2) is 0 Å². The van der Waals surface area contributed by atoms with Crippen LogP contribution in [-0.2, 0) is 5.92 Å². The maximum atomic E-state index is 14.7. The molecule has 0 N–H and O–H groups in total. The average molecular weight is 773 g/mol. The molecule has 3 rings (SSSR count). The molecule has 17 heteroatoms. The lowest BCUT2D eigenvalue weighted by atomic mass is 9.74. The normalized spacial score (nSPS) is 23.8. The van der Waals surface area contributed by atoms with Gasteiger partial charge in [-0.05, 0) is 54.9 Å². The number of halogens is 17. The fourth-order valence-corrected chi connectivity index (χ4v) is 7.23. The zero-order chi connectivity index (χ0) is 38.9. The molecular weight excluding hydrogens is 731 g/mol. The average Bonchev–Trinajstić information content (AvgIpc) is 3.05. The van der Waals surface area contributed by atoms with Crippen molar-refractivity contribution in [3.8, 4) is 0 Å². The topological polar surface area (TPSA) is 0 Å². The van der Waals surface area contributed by atoms with Crippen molar-refractivity contribution in [3.63, 3.8) is 0 Å². The van der Waals surface area contributed by atoms with Gasteiger partial charge in [0.25, 0.3) is 0 Å². The van der Waals surface area contributed by atoms with Gasteiger partial charge < -0.3 is 0 Å². The molecule has 0 bridgehead atoms. The van der Waals surface area contributed by atoms with E-state index in [9.17, 15) is 74.6 Å². The van der Waals surface area contributed by atoms with Crippen LogP contribution in [0.1, 0.15) is 120 Å². The Hall–Kier alpha value is -1.97. The molecule has 0 aromatic heterocycles. The highest BCUT2D eigenvalue weighted by Gasteiger charge is 2.95. The van der Waals surface area contributed by atoms with Crippen molar-refractivity contribution in [2.45, 2.75) is 157 Å². The molecule has 0 aliphatic heterocycles. The van der Waals surface area contributed by atoms with Crippen LogP contribution < -0.4 is 0 Å². The first kappa shape index (κ1) is 43.4. The molecule has 1 aromatic carbocycles. The van der Waals surface area contributed by atoms with Gasteiger partial charge >= 0.3 is 47.6 Å². The van der Waals surface area contributed by atoms with Crippen LogP contribution in [0.5, 0.6) is 0 Å². The molecule has 2 aliphatic rings. The van der Waals surface area contributed by atoms with Crippen molar-refractivity contribution in [2.75, 3.05) is 0 Å². The van der Waals surface area contributed by atoms with Crippen LogP contribution in [0.4, 0.5) is 74.6 Å². The van der Waals surface area contributed by atoms with Gasteiger partial charge in [-0.1, -0.05) is 102 Å². The summed E-state index contributed by atoms with van der Waals surface area (Å²) in [5, 5.41) is 0. The summed E-state index contributed by atoms with van der Waals surface area (Å²) in [7, 11) is 0. The molecule has 296 valence electrons. The third kappa shape index (κ3) is 8.11. The minimum absolute atomic E-state index is 0.105. The summed E-state index contributed by atoms with van der Waals surface area (Å²) >= 11 is 0. The fraction of sp³-hybridized carbons (Fsp3) is 0.824. The SMILES string of the molecule is CCCCCCC1CCC(CCC2CCC(c3ccc(C(F)(F)C(F)(F)C(F)(F)C(F)(F)C(F)(F)C(F)(F)C(F)(F)C(F)(F)F)cc3)CC2)CC1. The molecule has 2 saturated carbocycles. The quantitative estimate of drug-likeness (QED) is 0.116. The van der Waals surface area contributed by atoms with E-state index in [2.05, 4.69) is 6.92 Å². The van der Waals surface area contributed by atoms with Crippen molar-refractivity contribution in [1.82, 2.24) is 0 Å². The lowest BCUT2D eigenvalue weighted by Crippen LogP contribution is -2.74. The lowest BCUT2D eigenvalue weighted by Gasteiger charge is -2.42. The number of alkyl halides is 17. The van der Waals surface area contributed by atoms with Crippen LogP contribution in [0.2, 0.25) is 0 Å². The third-order valence-corrected chi connectivity index (χ3v) is 10.7. The van der Waals surface area contributed by atoms with Crippen LogP contribution in [0.3, 0.4) is 0 Å². The van der Waals surface area contributed by atoms with E-state index in [-0.39, 0.29) is 23.6 Å². The Balaban J connectivity index is 1.63. The van der Waals surface area contributed by atoms with Crippen molar-refractivity contribution in [1.29, 1.82) is 0 Å². The van der Waals surface area contributed by atoms with Crippen molar-refractivity contribution in [2.24, 2.45) is 17.8 Å². The maximum Gasteiger partial charge on any atom is 0.460 e. The predicted molar refractivity (Wildman–Crippen MR) is 154 cm³/mol. The maximum absolute atomic E-state index is 14.7. The van der Waals surface area contributed by atoms with E-state index in [0.717, 1.165) is 43.7 Å². The first-order valence-corrected chi connectivity index (χ1v) is 17.0. The molecule has 0 unspecified atom stereocenters. The molecule has 2 fully saturated rings. The summed E-state index contributed by atoms with van der Waals surface area (Å²) in [6.07, 6.45) is 7.83. The summed E-state index contributed by atoms with van der Waals surface area (Å²) in [5.41, 5.74) is -1.89. The highest BCUT2D eigenvalue weighted by atomic mass is 19.4. The second-order valence-corrected chi connectivity index (χ2v) is 14.2. The second kappa shape index (κ2) is 15.4. The minimum atomic E-state index is -8.63. The third-order valence-electron chi connectivity index (χ3n) is 10.7. The number of hydrogen-bond donors (Lipinski definition) is 0. The van der Waals surface area contributed by atoms with Gasteiger partial charge in [-0.15, -0.1) is 0 Å². The van der Waals surface area contributed by atoms with E-state index in [4.69, 9.17) is 0 Å². The highest BCUT2D eigenvalue weighted by molar-refractivity contribution is 5.31. The number of unbranched alkanes of at least 4 members (excludes halogenated alkanes) is 3. The van der Waals surface area contributed by atoms with Gasteiger partial charge in [0.1, 0.15) is 0 Å². The highest BCUT2D eigenvalue weighted by Crippen LogP contribution is 2.65. The monoisotopic (exact) mass is 772 g/mol. The first-order valence-electron chi connectivity index (χ1n) is 17.0. The number of rotatable bonds is 16. The van der Waals surface area contributed by atoms with Gasteiger partial charge in [0.2, 0.25) is 0 Å². The lowest BCUT2D eigenvalue weighted by molar-refractivity contribution is -0.462.